The molecule has 0 aliphatic carbocycles. The van der Waals surface area contributed by atoms with Crippen LogP contribution in [-0.4, -0.2) is 31.7 Å². The number of halogens is 1. The summed E-state index contributed by atoms with van der Waals surface area (Å²) in [4.78, 5) is 12.8. The summed E-state index contributed by atoms with van der Waals surface area (Å²) in [7, 11) is -3.63. The molecule has 1 amide bonds. The van der Waals surface area contributed by atoms with Gasteiger partial charge in [-0.05, 0) is 56.2 Å². The number of nitrogens with one attached hydrogen (secondary N) is 1. The molecule has 7 heteroatoms. The van der Waals surface area contributed by atoms with E-state index >= 15 is 0 Å². The molecule has 1 aliphatic rings. The van der Waals surface area contributed by atoms with Crippen LogP contribution < -0.4 is 5.32 Å². The summed E-state index contributed by atoms with van der Waals surface area (Å²) in [6.07, 6.45) is 1.32. The molecule has 1 atom stereocenters. The van der Waals surface area contributed by atoms with Crippen molar-refractivity contribution in [2.75, 3.05) is 18.4 Å². The van der Waals surface area contributed by atoms with E-state index in [1.165, 1.54) is 16.4 Å². The monoisotopic (exact) mass is 392 g/mol. The predicted octanol–water partition coefficient (Wildman–Crippen LogP) is 3.69. The lowest BCUT2D eigenvalue weighted by Crippen LogP contribution is -2.43. The standard InChI is InChI=1S/C19H21ClN2O3S/c1-14-4-8-17(9-5-14)21-19(23)15-3-2-12-22(13-15)26(24,25)18-10-6-16(20)7-11-18/h4-11,15H,2-3,12-13H2,1H3,(H,21,23). The summed E-state index contributed by atoms with van der Waals surface area (Å²) < 4.78 is 27.0. The Hall–Kier alpha value is -1.89. The highest BCUT2D eigenvalue weighted by Gasteiger charge is 2.33. The molecule has 138 valence electrons. The van der Waals surface area contributed by atoms with Crippen LogP contribution in [0.1, 0.15) is 18.4 Å². The van der Waals surface area contributed by atoms with Crippen LogP contribution in [0.3, 0.4) is 0 Å². The topological polar surface area (TPSA) is 66.5 Å². The first-order valence-electron chi connectivity index (χ1n) is 8.49. The van der Waals surface area contributed by atoms with Gasteiger partial charge in [-0.3, -0.25) is 4.79 Å². The van der Waals surface area contributed by atoms with Crippen molar-refractivity contribution in [2.24, 2.45) is 5.92 Å². The second-order valence-electron chi connectivity index (χ2n) is 6.51. The second-order valence-corrected chi connectivity index (χ2v) is 8.89. The van der Waals surface area contributed by atoms with E-state index in [9.17, 15) is 13.2 Å². The van der Waals surface area contributed by atoms with E-state index < -0.39 is 10.0 Å². The largest absolute Gasteiger partial charge is 0.326 e. The summed E-state index contributed by atoms with van der Waals surface area (Å²) in [6, 6.07) is 13.6. The first kappa shape index (κ1) is 18.9. The van der Waals surface area contributed by atoms with Crippen LogP contribution in [0, 0.1) is 12.8 Å². The Labute approximate surface area is 159 Å². The minimum atomic E-state index is -3.63. The van der Waals surface area contributed by atoms with Gasteiger partial charge in [0.05, 0.1) is 10.8 Å². The quantitative estimate of drug-likeness (QED) is 0.862. The zero-order valence-corrected chi connectivity index (χ0v) is 16.1. The lowest BCUT2D eigenvalue weighted by molar-refractivity contribution is -0.120. The van der Waals surface area contributed by atoms with E-state index in [1.807, 2.05) is 31.2 Å². The number of amides is 1. The van der Waals surface area contributed by atoms with Crippen LogP contribution in [0.25, 0.3) is 0 Å². The highest BCUT2D eigenvalue weighted by molar-refractivity contribution is 7.89. The van der Waals surface area contributed by atoms with E-state index in [2.05, 4.69) is 5.32 Å². The molecule has 5 nitrogen and oxygen atoms in total. The van der Waals surface area contributed by atoms with Gasteiger partial charge in [0.15, 0.2) is 0 Å². The Balaban J connectivity index is 1.71. The summed E-state index contributed by atoms with van der Waals surface area (Å²) in [5.74, 6) is -0.517. The van der Waals surface area contributed by atoms with Gasteiger partial charge in [0.25, 0.3) is 0 Å². The number of hydrogen-bond donors (Lipinski definition) is 1. The number of anilines is 1. The van der Waals surface area contributed by atoms with Crippen molar-refractivity contribution in [3.05, 3.63) is 59.1 Å². The van der Waals surface area contributed by atoms with Crippen molar-refractivity contribution in [2.45, 2.75) is 24.7 Å². The second kappa shape index (κ2) is 7.78. The minimum absolute atomic E-state index is 0.148. The summed E-state index contributed by atoms with van der Waals surface area (Å²) in [6.45, 7) is 2.58. The van der Waals surface area contributed by atoms with Crippen LogP contribution in [0.4, 0.5) is 5.69 Å². The highest BCUT2D eigenvalue weighted by Crippen LogP contribution is 2.25. The van der Waals surface area contributed by atoms with Gasteiger partial charge in [0.2, 0.25) is 15.9 Å². The SMILES string of the molecule is Cc1ccc(NC(=O)C2CCCN(S(=O)(=O)c3ccc(Cl)cc3)C2)cc1. The third kappa shape index (κ3) is 4.26. The lowest BCUT2D eigenvalue weighted by Gasteiger charge is -2.31. The number of hydrogen-bond acceptors (Lipinski definition) is 3. The van der Waals surface area contributed by atoms with Gasteiger partial charge in [-0.1, -0.05) is 29.3 Å². The Morgan fingerprint density at radius 2 is 1.77 bits per heavy atom. The molecule has 0 saturated carbocycles. The maximum Gasteiger partial charge on any atom is 0.243 e. The normalized spacial score (nSPS) is 18.5. The number of nitrogens with zero attached hydrogens (tertiary/aromatic N) is 1. The zero-order chi connectivity index (χ0) is 18.7. The number of sulfonamides is 1. The molecule has 1 N–H and O–H groups in total. The minimum Gasteiger partial charge on any atom is -0.326 e. The first-order valence-corrected chi connectivity index (χ1v) is 10.3. The highest BCUT2D eigenvalue weighted by atomic mass is 35.5. The molecule has 0 aromatic heterocycles. The summed E-state index contributed by atoms with van der Waals surface area (Å²) in [5.41, 5.74) is 1.83. The van der Waals surface area contributed by atoms with Crippen LogP contribution in [0.15, 0.2) is 53.4 Å². The van der Waals surface area contributed by atoms with E-state index in [1.54, 1.807) is 12.1 Å². The van der Waals surface area contributed by atoms with E-state index in [0.29, 0.717) is 24.4 Å². The number of piperidine rings is 1. The van der Waals surface area contributed by atoms with Crippen molar-refractivity contribution in [1.29, 1.82) is 0 Å². The fourth-order valence-electron chi connectivity index (χ4n) is 3.01. The number of carbonyl (C=O) groups is 1. The van der Waals surface area contributed by atoms with Crippen molar-refractivity contribution >= 4 is 33.2 Å². The smallest absolute Gasteiger partial charge is 0.243 e. The molecular weight excluding hydrogens is 372 g/mol. The van der Waals surface area contributed by atoms with Crippen molar-refractivity contribution in [1.82, 2.24) is 4.31 Å². The summed E-state index contributed by atoms with van der Waals surface area (Å²) >= 11 is 5.84. The molecule has 1 aliphatic heterocycles. The number of benzene rings is 2. The number of rotatable bonds is 4. The predicted molar refractivity (Wildman–Crippen MR) is 103 cm³/mol. The fourth-order valence-corrected chi connectivity index (χ4v) is 4.66. The molecule has 0 radical (unpaired) electrons. The Kier molecular flexibility index (Phi) is 5.65. The number of aryl methyl sites for hydroxylation is 1. The Morgan fingerprint density at radius 3 is 2.42 bits per heavy atom. The molecule has 2 aromatic carbocycles. The molecule has 2 aromatic rings. The summed E-state index contributed by atoms with van der Waals surface area (Å²) in [5, 5.41) is 3.36. The number of carbonyl (C=O) groups excluding carboxylic acids is 1. The van der Waals surface area contributed by atoms with Crippen molar-refractivity contribution < 1.29 is 13.2 Å². The van der Waals surface area contributed by atoms with Crippen molar-refractivity contribution in [3.63, 3.8) is 0 Å². The molecule has 1 saturated heterocycles. The van der Waals surface area contributed by atoms with Crippen LogP contribution >= 0.6 is 11.6 Å². The maximum absolute atomic E-state index is 12.8. The Bertz CT molecular complexity index is 880. The van der Waals surface area contributed by atoms with E-state index in [-0.39, 0.29) is 23.3 Å². The van der Waals surface area contributed by atoms with Gasteiger partial charge >= 0.3 is 0 Å². The van der Waals surface area contributed by atoms with Crippen LogP contribution in [0.2, 0.25) is 5.02 Å². The molecule has 26 heavy (non-hydrogen) atoms. The van der Waals surface area contributed by atoms with Crippen LogP contribution in [-0.2, 0) is 14.8 Å². The van der Waals surface area contributed by atoms with Crippen LogP contribution in [0.5, 0.6) is 0 Å². The van der Waals surface area contributed by atoms with Gasteiger partial charge in [-0.2, -0.15) is 4.31 Å². The molecule has 1 heterocycles. The third-order valence-corrected chi connectivity index (χ3v) is 6.66. The lowest BCUT2D eigenvalue weighted by atomic mass is 9.98. The Morgan fingerprint density at radius 1 is 1.12 bits per heavy atom. The van der Waals surface area contributed by atoms with Gasteiger partial charge in [-0.25, -0.2) is 8.42 Å². The van der Waals surface area contributed by atoms with E-state index in [0.717, 1.165) is 11.3 Å². The van der Waals surface area contributed by atoms with Gasteiger partial charge in [0.1, 0.15) is 0 Å². The zero-order valence-electron chi connectivity index (χ0n) is 14.5. The molecular formula is C19H21ClN2O3S. The average Bonchev–Trinajstić information content (AvgIpc) is 2.64. The van der Waals surface area contributed by atoms with Crippen molar-refractivity contribution in [3.8, 4) is 0 Å². The van der Waals surface area contributed by atoms with E-state index in [4.69, 9.17) is 11.6 Å². The van der Waals surface area contributed by atoms with Gasteiger partial charge in [-0.15, -0.1) is 0 Å². The third-order valence-electron chi connectivity index (χ3n) is 4.53. The fraction of sp³-hybridized carbons (Fsp3) is 0.316. The first-order chi connectivity index (χ1) is 12.4. The average molecular weight is 393 g/mol. The molecule has 1 fully saturated rings. The maximum atomic E-state index is 12.8. The van der Waals surface area contributed by atoms with Gasteiger partial charge < -0.3 is 5.32 Å². The van der Waals surface area contributed by atoms with Gasteiger partial charge in [0, 0.05) is 23.8 Å². The molecule has 1 unspecified atom stereocenters. The molecule has 0 bridgehead atoms. The molecule has 0 spiro atoms. The molecule has 3 rings (SSSR count).